The third-order valence-corrected chi connectivity index (χ3v) is 4.31. The first-order valence-corrected chi connectivity index (χ1v) is 8.63. The molecule has 0 radical (unpaired) electrons. The SMILES string of the molecule is CC(C)CC(=O)NCCSCc1cccc2ccccc12. The lowest BCUT2D eigenvalue weighted by molar-refractivity contribution is -0.121. The molecule has 0 aromatic heterocycles. The zero-order valence-corrected chi connectivity index (χ0v) is 13.6. The molecule has 0 spiro atoms. The van der Waals surface area contributed by atoms with Crippen LogP contribution in [0.25, 0.3) is 10.8 Å². The first-order chi connectivity index (χ1) is 10.2. The molecule has 0 bridgehead atoms. The molecular formula is C18H23NOS. The Labute approximate surface area is 131 Å². The van der Waals surface area contributed by atoms with Crippen LogP contribution >= 0.6 is 11.8 Å². The number of thioether (sulfide) groups is 1. The molecule has 0 aliphatic carbocycles. The van der Waals surface area contributed by atoms with Gasteiger partial charge < -0.3 is 5.32 Å². The molecule has 0 aliphatic heterocycles. The highest BCUT2D eigenvalue weighted by Gasteiger charge is 2.04. The maximum Gasteiger partial charge on any atom is 0.220 e. The van der Waals surface area contributed by atoms with Crippen molar-refractivity contribution in [2.24, 2.45) is 5.92 Å². The quantitative estimate of drug-likeness (QED) is 0.775. The van der Waals surface area contributed by atoms with Gasteiger partial charge in [-0.2, -0.15) is 11.8 Å². The summed E-state index contributed by atoms with van der Waals surface area (Å²) in [5.41, 5.74) is 1.37. The van der Waals surface area contributed by atoms with E-state index in [0.29, 0.717) is 12.3 Å². The van der Waals surface area contributed by atoms with Crippen LogP contribution in [-0.2, 0) is 10.5 Å². The molecule has 0 heterocycles. The molecule has 2 aromatic carbocycles. The fourth-order valence-corrected chi connectivity index (χ4v) is 3.17. The lowest BCUT2D eigenvalue weighted by Gasteiger charge is -2.08. The number of carbonyl (C=O) groups excluding carboxylic acids is 1. The minimum atomic E-state index is 0.163. The van der Waals surface area contributed by atoms with E-state index in [2.05, 4.69) is 61.6 Å². The summed E-state index contributed by atoms with van der Waals surface area (Å²) in [6, 6.07) is 14.9. The van der Waals surface area contributed by atoms with Crippen molar-refractivity contribution in [2.45, 2.75) is 26.0 Å². The van der Waals surface area contributed by atoms with Gasteiger partial charge in [0.05, 0.1) is 0 Å². The van der Waals surface area contributed by atoms with Crippen LogP contribution in [0.3, 0.4) is 0 Å². The fourth-order valence-electron chi connectivity index (χ4n) is 2.31. The van der Waals surface area contributed by atoms with E-state index < -0.39 is 0 Å². The average Bonchev–Trinajstić information content (AvgIpc) is 2.46. The number of fused-ring (bicyclic) bond motifs is 1. The molecule has 2 nitrogen and oxygen atoms in total. The Morgan fingerprint density at radius 3 is 2.71 bits per heavy atom. The molecule has 2 rings (SSSR count). The van der Waals surface area contributed by atoms with E-state index in [1.54, 1.807) is 0 Å². The summed E-state index contributed by atoms with van der Waals surface area (Å²) < 4.78 is 0. The molecule has 1 amide bonds. The third-order valence-electron chi connectivity index (χ3n) is 3.30. The average molecular weight is 301 g/mol. The van der Waals surface area contributed by atoms with Gasteiger partial charge in [0.25, 0.3) is 0 Å². The van der Waals surface area contributed by atoms with Gasteiger partial charge >= 0.3 is 0 Å². The number of amides is 1. The first kappa shape index (κ1) is 15.9. The van der Waals surface area contributed by atoms with Gasteiger partial charge in [-0.3, -0.25) is 4.79 Å². The van der Waals surface area contributed by atoms with Gasteiger partial charge in [-0.25, -0.2) is 0 Å². The van der Waals surface area contributed by atoms with Crippen LogP contribution in [0.15, 0.2) is 42.5 Å². The summed E-state index contributed by atoms with van der Waals surface area (Å²) in [4.78, 5) is 11.5. The van der Waals surface area contributed by atoms with Crippen molar-refractivity contribution >= 4 is 28.4 Å². The largest absolute Gasteiger partial charge is 0.355 e. The number of hydrogen-bond acceptors (Lipinski definition) is 2. The van der Waals surface area contributed by atoms with Crippen LogP contribution in [0, 0.1) is 5.92 Å². The van der Waals surface area contributed by atoms with Crippen molar-refractivity contribution in [1.82, 2.24) is 5.32 Å². The Morgan fingerprint density at radius 2 is 1.90 bits per heavy atom. The minimum Gasteiger partial charge on any atom is -0.355 e. The van der Waals surface area contributed by atoms with Crippen LogP contribution in [0.4, 0.5) is 0 Å². The van der Waals surface area contributed by atoms with Crippen LogP contribution < -0.4 is 5.32 Å². The molecule has 2 aromatic rings. The summed E-state index contributed by atoms with van der Waals surface area (Å²) in [5, 5.41) is 5.60. The topological polar surface area (TPSA) is 29.1 Å². The molecule has 0 aliphatic rings. The maximum atomic E-state index is 11.5. The minimum absolute atomic E-state index is 0.163. The van der Waals surface area contributed by atoms with Crippen LogP contribution in [0.5, 0.6) is 0 Å². The highest BCUT2D eigenvalue weighted by molar-refractivity contribution is 7.98. The Hall–Kier alpha value is -1.48. The van der Waals surface area contributed by atoms with E-state index in [0.717, 1.165) is 18.1 Å². The lowest BCUT2D eigenvalue weighted by atomic mass is 10.1. The lowest BCUT2D eigenvalue weighted by Crippen LogP contribution is -2.26. The summed E-state index contributed by atoms with van der Waals surface area (Å²) in [6.45, 7) is 4.88. The van der Waals surface area contributed by atoms with Crippen molar-refractivity contribution in [2.75, 3.05) is 12.3 Å². The molecule has 0 saturated heterocycles. The van der Waals surface area contributed by atoms with Crippen molar-refractivity contribution in [3.05, 3.63) is 48.0 Å². The number of nitrogens with one attached hydrogen (secondary N) is 1. The van der Waals surface area contributed by atoms with Crippen molar-refractivity contribution in [3.63, 3.8) is 0 Å². The molecule has 0 unspecified atom stereocenters. The Morgan fingerprint density at radius 1 is 1.14 bits per heavy atom. The monoisotopic (exact) mass is 301 g/mol. The second-order valence-corrected chi connectivity index (χ2v) is 6.74. The zero-order valence-electron chi connectivity index (χ0n) is 12.8. The molecule has 112 valence electrons. The molecular weight excluding hydrogens is 278 g/mol. The maximum absolute atomic E-state index is 11.5. The van der Waals surface area contributed by atoms with Gasteiger partial charge in [0.2, 0.25) is 5.91 Å². The van der Waals surface area contributed by atoms with Crippen molar-refractivity contribution < 1.29 is 4.79 Å². The summed E-state index contributed by atoms with van der Waals surface area (Å²) >= 11 is 1.87. The van der Waals surface area contributed by atoms with Gasteiger partial charge in [-0.05, 0) is 22.3 Å². The number of benzene rings is 2. The van der Waals surface area contributed by atoms with Gasteiger partial charge in [0, 0.05) is 24.5 Å². The van der Waals surface area contributed by atoms with Gasteiger partial charge in [-0.1, -0.05) is 56.3 Å². The number of hydrogen-bond donors (Lipinski definition) is 1. The second-order valence-electron chi connectivity index (χ2n) is 5.64. The number of carbonyl (C=O) groups is 1. The predicted molar refractivity (Wildman–Crippen MR) is 92.6 cm³/mol. The van der Waals surface area contributed by atoms with Crippen LogP contribution in [0.1, 0.15) is 25.8 Å². The van der Waals surface area contributed by atoms with Gasteiger partial charge in [-0.15, -0.1) is 0 Å². The summed E-state index contributed by atoms with van der Waals surface area (Å²) in [5.74, 6) is 2.53. The first-order valence-electron chi connectivity index (χ1n) is 7.48. The summed E-state index contributed by atoms with van der Waals surface area (Å²) in [7, 11) is 0. The Balaban J connectivity index is 1.77. The van der Waals surface area contributed by atoms with Gasteiger partial charge in [0.15, 0.2) is 0 Å². The summed E-state index contributed by atoms with van der Waals surface area (Å²) in [6.07, 6.45) is 0.619. The molecule has 0 saturated carbocycles. The van der Waals surface area contributed by atoms with Gasteiger partial charge in [0.1, 0.15) is 0 Å². The smallest absolute Gasteiger partial charge is 0.220 e. The molecule has 1 N–H and O–H groups in total. The van der Waals surface area contributed by atoms with Crippen LogP contribution in [0.2, 0.25) is 0 Å². The van der Waals surface area contributed by atoms with E-state index in [1.165, 1.54) is 16.3 Å². The Bertz CT molecular complexity index is 589. The van der Waals surface area contributed by atoms with E-state index in [4.69, 9.17) is 0 Å². The molecule has 0 fully saturated rings. The molecule has 0 atom stereocenters. The van der Waals surface area contributed by atoms with E-state index in [-0.39, 0.29) is 5.91 Å². The fraction of sp³-hybridized carbons (Fsp3) is 0.389. The highest BCUT2D eigenvalue weighted by atomic mass is 32.2. The van der Waals surface area contributed by atoms with E-state index >= 15 is 0 Å². The normalized spacial score (nSPS) is 11.0. The molecule has 21 heavy (non-hydrogen) atoms. The van der Waals surface area contributed by atoms with E-state index in [1.807, 2.05) is 11.8 Å². The Kier molecular flexibility index (Phi) is 6.12. The zero-order chi connectivity index (χ0) is 15.1. The highest BCUT2D eigenvalue weighted by Crippen LogP contribution is 2.22. The number of rotatable bonds is 7. The second kappa shape index (κ2) is 8.08. The molecule has 3 heteroatoms. The van der Waals surface area contributed by atoms with E-state index in [9.17, 15) is 4.79 Å². The van der Waals surface area contributed by atoms with Crippen LogP contribution in [-0.4, -0.2) is 18.2 Å². The van der Waals surface area contributed by atoms with Crippen molar-refractivity contribution in [1.29, 1.82) is 0 Å². The third kappa shape index (κ3) is 5.09. The van der Waals surface area contributed by atoms with Crippen molar-refractivity contribution in [3.8, 4) is 0 Å². The predicted octanol–water partition coefficient (Wildman–Crippen LogP) is 4.24. The standard InChI is InChI=1S/C18H23NOS/c1-14(2)12-18(20)19-10-11-21-13-16-8-5-7-15-6-3-4-9-17(15)16/h3-9,14H,10-13H2,1-2H3,(H,19,20).